The third-order valence-electron chi connectivity index (χ3n) is 5.49. The highest BCUT2D eigenvalue weighted by Gasteiger charge is 2.41. The number of ether oxygens (including phenoxy) is 2. The molecular weight excluding hydrogens is 433 g/mol. The number of likely N-dealkylation sites (N-methyl/N-ethyl adjacent to an activating group) is 1. The van der Waals surface area contributed by atoms with Crippen LogP contribution in [0.5, 0.6) is 0 Å². The van der Waals surface area contributed by atoms with Crippen molar-refractivity contribution in [2.24, 2.45) is 0 Å². The number of anilines is 1. The van der Waals surface area contributed by atoms with Gasteiger partial charge in [-0.25, -0.2) is 4.98 Å². The number of hydrogen-bond acceptors (Lipinski definition) is 5. The molecule has 1 aliphatic rings. The third-order valence-corrected chi connectivity index (χ3v) is 5.97. The van der Waals surface area contributed by atoms with Gasteiger partial charge in [0.1, 0.15) is 5.82 Å². The summed E-state index contributed by atoms with van der Waals surface area (Å²) < 4.78 is 12.4. The van der Waals surface area contributed by atoms with Gasteiger partial charge >= 0.3 is 0 Å². The first-order valence-corrected chi connectivity index (χ1v) is 10.9. The van der Waals surface area contributed by atoms with E-state index in [1.54, 1.807) is 0 Å². The average molecular weight is 458 g/mol. The van der Waals surface area contributed by atoms with Crippen molar-refractivity contribution in [1.29, 1.82) is 0 Å². The van der Waals surface area contributed by atoms with E-state index in [9.17, 15) is 0 Å². The Morgan fingerprint density at radius 1 is 0.968 bits per heavy atom. The number of hydrogen-bond donors (Lipinski definition) is 2. The maximum Gasteiger partial charge on any atom is 0.224 e. The first kappa shape index (κ1) is 22.1. The normalized spacial score (nSPS) is 16.3. The lowest BCUT2D eigenvalue weighted by molar-refractivity contribution is -0.130. The molecule has 1 saturated heterocycles. The van der Waals surface area contributed by atoms with Crippen molar-refractivity contribution < 1.29 is 9.47 Å². The van der Waals surface area contributed by atoms with Gasteiger partial charge in [0, 0.05) is 52.4 Å². The predicted molar refractivity (Wildman–Crippen MR) is 125 cm³/mol. The zero-order chi connectivity index (χ0) is 21.8. The van der Waals surface area contributed by atoms with E-state index in [1.807, 2.05) is 62.8 Å². The van der Waals surface area contributed by atoms with Crippen LogP contribution < -0.4 is 10.6 Å². The van der Waals surface area contributed by atoms with Crippen LogP contribution in [0.25, 0.3) is 0 Å². The van der Waals surface area contributed by atoms with Crippen LogP contribution in [-0.2, 0) is 15.3 Å². The fourth-order valence-corrected chi connectivity index (χ4v) is 4.38. The van der Waals surface area contributed by atoms with Crippen LogP contribution in [0, 0.1) is 0 Å². The molecule has 7 heteroatoms. The molecule has 2 N–H and O–H groups in total. The molecule has 1 aromatic heterocycles. The summed E-state index contributed by atoms with van der Waals surface area (Å²) in [6.45, 7) is 1.72. The Kier molecular flexibility index (Phi) is 6.80. The van der Waals surface area contributed by atoms with Crippen molar-refractivity contribution in [3.05, 3.63) is 93.1 Å². The van der Waals surface area contributed by atoms with E-state index in [1.165, 1.54) is 0 Å². The Labute approximate surface area is 192 Å². The van der Waals surface area contributed by atoms with Crippen molar-refractivity contribution in [2.75, 3.05) is 39.2 Å². The van der Waals surface area contributed by atoms with Crippen molar-refractivity contribution in [3.8, 4) is 0 Å². The van der Waals surface area contributed by atoms with Gasteiger partial charge < -0.3 is 20.1 Å². The monoisotopic (exact) mass is 457 g/mol. The molecule has 0 spiro atoms. The summed E-state index contributed by atoms with van der Waals surface area (Å²) in [7, 11) is 3.81. The zero-order valence-corrected chi connectivity index (χ0v) is 19.0. The maximum atomic E-state index is 6.30. The predicted octanol–water partition coefficient (Wildman–Crippen LogP) is 5.03. The molecule has 2 aromatic carbocycles. The highest BCUT2D eigenvalue weighted by atomic mass is 35.5. The fraction of sp³-hybridized carbons (Fsp3) is 0.292. The number of rotatable bonds is 7. The smallest absolute Gasteiger partial charge is 0.224 e. The Hall–Kier alpha value is -2.15. The molecule has 0 amide bonds. The minimum absolute atomic E-state index is 0.0299. The van der Waals surface area contributed by atoms with E-state index in [-0.39, 0.29) is 5.92 Å². The molecule has 2 heterocycles. The molecule has 0 aliphatic carbocycles. The second-order valence-corrected chi connectivity index (χ2v) is 8.27. The molecule has 5 nitrogen and oxygen atoms in total. The number of benzene rings is 2. The molecule has 1 unspecified atom stereocenters. The van der Waals surface area contributed by atoms with E-state index in [2.05, 4.69) is 22.8 Å². The summed E-state index contributed by atoms with van der Waals surface area (Å²) in [6.07, 6.45) is 1.81. The Morgan fingerprint density at radius 3 is 2.35 bits per heavy atom. The van der Waals surface area contributed by atoms with E-state index in [4.69, 9.17) is 37.7 Å². The standard InChI is InChI=1S/C24H25Cl2N3O2/c1-27-15-22(16-4-3-5-20(26)12-16)21-13-18(14-29-23(21)28-2)24(30-10-11-31-24)17-6-8-19(25)9-7-17/h3-9,12-14,22,27H,10-11,15H2,1-2H3,(H,28,29). The van der Waals surface area contributed by atoms with Gasteiger partial charge in [-0.15, -0.1) is 0 Å². The van der Waals surface area contributed by atoms with Gasteiger partial charge in [0.05, 0.1) is 13.2 Å². The van der Waals surface area contributed by atoms with Gasteiger partial charge in [0.25, 0.3) is 0 Å². The summed E-state index contributed by atoms with van der Waals surface area (Å²) in [5, 5.41) is 7.89. The van der Waals surface area contributed by atoms with E-state index >= 15 is 0 Å². The Balaban J connectivity index is 1.85. The molecule has 162 valence electrons. The SMILES string of the molecule is CNCC(c1cccc(Cl)c1)c1cc(C2(c3ccc(Cl)cc3)OCCO2)cnc1NC. The molecule has 0 saturated carbocycles. The van der Waals surface area contributed by atoms with Crippen LogP contribution in [0.4, 0.5) is 5.82 Å². The van der Waals surface area contributed by atoms with Gasteiger partial charge in [0.15, 0.2) is 0 Å². The number of pyridine rings is 1. The van der Waals surface area contributed by atoms with Crippen LogP contribution in [0.3, 0.4) is 0 Å². The summed E-state index contributed by atoms with van der Waals surface area (Å²) >= 11 is 12.4. The Morgan fingerprint density at radius 2 is 1.71 bits per heavy atom. The van der Waals surface area contributed by atoms with Crippen LogP contribution in [0.2, 0.25) is 10.0 Å². The topological polar surface area (TPSA) is 55.4 Å². The van der Waals surface area contributed by atoms with Crippen LogP contribution in [0.1, 0.15) is 28.2 Å². The van der Waals surface area contributed by atoms with E-state index in [0.717, 1.165) is 34.6 Å². The first-order chi connectivity index (χ1) is 15.1. The van der Waals surface area contributed by atoms with Crippen molar-refractivity contribution in [3.63, 3.8) is 0 Å². The minimum Gasteiger partial charge on any atom is -0.373 e. The van der Waals surface area contributed by atoms with Crippen LogP contribution in [-0.4, -0.2) is 38.8 Å². The fourth-order valence-electron chi connectivity index (χ4n) is 4.05. The number of nitrogens with zero attached hydrogens (tertiary/aromatic N) is 1. The summed E-state index contributed by atoms with van der Waals surface area (Å²) in [4.78, 5) is 4.72. The lowest BCUT2D eigenvalue weighted by Gasteiger charge is -2.30. The van der Waals surface area contributed by atoms with E-state index < -0.39 is 5.79 Å². The summed E-state index contributed by atoms with van der Waals surface area (Å²) in [5.41, 5.74) is 3.85. The quantitative estimate of drug-likeness (QED) is 0.520. The number of nitrogens with one attached hydrogen (secondary N) is 2. The lowest BCUT2D eigenvalue weighted by atomic mass is 9.88. The summed E-state index contributed by atoms with van der Waals surface area (Å²) in [5.74, 6) is -0.188. The van der Waals surface area contributed by atoms with Gasteiger partial charge in [-0.05, 0) is 42.9 Å². The average Bonchev–Trinajstić information content (AvgIpc) is 3.29. The number of aromatic nitrogens is 1. The number of halogens is 2. The molecule has 31 heavy (non-hydrogen) atoms. The van der Waals surface area contributed by atoms with E-state index in [0.29, 0.717) is 23.3 Å². The summed E-state index contributed by atoms with van der Waals surface area (Å²) in [6, 6.07) is 17.6. The lowest BCUT2D eigenvalue weighted by Crippen LogP contribution is -2.30. The second-order valence-electron chi connectivity index (χ2n) is 7.40. The molecule has 1 fully saturated rings. The van der Waals surface area contributed by atoms with Crippen molar-refractivity contribution in [1.82, 2.24) is 10.3 Å². The van der Waals surface area contributed by atoms with Gasteiger partial charge in [0.2, 0.25) is 5.79 Å². The minimum atomic E-state index is -1.02. The van der Waals surface area contributed by atoms with Crippen molar-refractivity contribution in [2.45, 2.75) is 11.7 Å². The third kappa shape index (κ3) is 4.43. The molecule has 3 aromatic rings. The van der Waals surface area contributed by atoms with Crippen LogP contribution >= 0.6 is 23.2 Å². The van der Waals surface area contributed by atoms with Gasteiger partial charge in [-0.1, -0.05) is 47.5 Å². The highest BCUT2D eigenvalue weighted by Crippen LogP contribution is 2.41. The van der Waals surface area contributed by atoms with Crippen LogP contribution in [0.15, 0.2) is 60.8 Å². The largest absolute Gasteiger partial charge is 0.373 e. The molecular formula is C24H25Cl2N3O2. The van der Waals surface area contributed by atoms with Gasteiger partial charge in [-0.2, -0.15) is 0 Å². The highest BCUT2D eigenvalue weighted by molar-refractivity contribution is 6.30. The zero-order valence-electron chi connectivity index (χ0n) is 17.5. The second kappa shape index (κ2) is 9.55. The molecule has 0 radical (unpaired) electrons. The molecule has 0 bridgehead atoms. The first-order valence-electron chi connectivity index (χ1n) is 10.2. The molecule has 1 atom stereocenters. The Bertz CT molecular complexity index is 1040. The van der Waals surface area contributed by atoms with Gasteiger partial charge in [-0.3, -0.25) is 0 Å². The van der Waals surface area contributed by atoms with Crippen molar-refractivity contribution >= 4 is 29.0 Å². The molecule has 1 aliphatic heterocycles. The maximum absolute atomic E-state index is 6.30. The molecule has 4 rings (SSSR count).